The standard InChI is InChI=1S/C8H13N5.C3H8.2C2H6/c1-3-11-8-6(5(2)9)7(10)12-4-13-8;1-3-2;2*1-2/h4,9H,3H2,1-2H3,(H3,10,11,12,13);3H2,1-2H3;2*1-2H3. The van der Waals surface area contributed by atoms with Crippen LogP contribution in [0.1, 0.15) is 67.4 Å². The highest BCUT2D eigenvalue weighted by molar-refractivity contribution is 6.04. The first-order chi connectivity index (χ1) is 9.58. The Kier molecular flexibility index (Phi) is 20.3. The maximum Gasteiger partial charge on any atom is 0.140 e. The van der Waals surface area contributed by atoms with E-state index < -0.39 is 0 Å². The summed E-state index contributed by atoms with van der Waals surface area (Å²) in [6.45, 7) is 16.6. The monoisotopic (exact) mass is 283 g/mol. The average Bonchev–Trinajstić information content (AvgIpc) is 2.44. The molecule has 0 atom stereocenters. The van der Waals surface area contributed by atoms with E-state index in [-0.39, 0.29) is 0 Å². The van der Waals surface area contributed by atoms with Gasteiger partial charge in [0.15, 0.2) is 0 Å². The summed E-state index contributed by atoms with van der Waals surface area (Å²) < 4.78 is 0. The molecule has 0 saturated carbocycles. The van der Waals surface area contributed by atoms with Gasteiger partial charge in [0, 0.05) is 12.3 Å². The Bertz CT molecular complexity index is 337. The summed E-state index contributed by atoms with van der Waals surface area (Å²) >= 11 is 0. The highest BCUT2D eigenvalue weighted by Crippen LogP contribution is 2.16. The second kappa shape index (κ2) is 17.4. The van der Waals surface area contributed by atoms with E-state index in [2.05, 4.69) is 29.1 Å². The molecule has 0 amide bonds. The molecule has 4 N–H and O–H groups in total. The Labute approximate surface area is 124 Å². The third kappa shape index (κ3) is 10.3. The van der Waals surface area contributed by atoms with Crippen LogP contribution in [-0.4, -0.2) is 22.2 Å². The number of hydrogen-bond acceptors (Lipinski definition) is 5. The molecule has 0 bridgehead atoms. The largest absolute Gasteiger partial charge is 0.383 e. The van der Waals surface area contributed by atoms with E-state index in [0.29, 0.717) is 22.9 Å². The maximum absolute atomic E-state index is 7.50. The van der Waals surface area contributed by atoms with Gasteiger partial charge in [0.2, 0.25) is 0 Å². The van der Waals surface area contributed by atoms with E-state index in [1.54, 1.807) is 6.92 Å². The summed E-state index contributed by atoms with van der Waals surface area (Å²) in [7, 11) is 0. The summed E-state index contributed by atoms with van der Waals surface area (Å²) in [6, 6.07) is 0. The second-order valence-corrected chi connectivity index (χ2v) is 3.34. The second-order valence-electron chi connectivity index (χ2n) is 3.34. The van der Waals surface area contributed by atoms with E-state index in [9.17, 15) is 0 Å². The van der Waals surface area contributed by atoms with Crippen LogP contribution in [0.15, 0.2) is 6.33 Å². The van der Waals surface area contributed by atoms with Gasteiger partial charge < -0.3 is 16.5 Å². The van der Waals surface area contributed by atoms with Gasteiger partial charge in [0.05, 0.1) is 5.56 Å². The Morgan fingerprint density at radius 3 is 1.95 bits per heavy atom. The molecule has 0 unspecified atom stereocenters. The van der Waals surface area contributed by atoms with Crippen molar-refractivity contribution < 1.29 is 0 Å². The highest BCUT2D eigenvalue weighted by Gasteiger charge is 2.09. The average molecular weight is 283 g/mol. The first-order valence-electron chi connectivity index (χ1n) is 7.48. The van der Waals surface area contributed by atoms with Gasteiger partial charge in [0.25, 0.3) is 0 Å². The zero-order chi connectivity index (χ0) is 16.6. The lowest BCUT2D eigenvalue weighted by atomic mass is 10.2. The lowest BCUT2D eigenvalue weighted by Gasteiger charge is -2.09. The molecule has 0 aliphatic heterocycles. The molecule has 0 radical (unpaired) electrons. The Hall–Kier alpha value is -1.65. The van der Waals surface area contributed by atoms with Crippen LogP contribution in [0.3, 0.4) is 0 Å². The smallest absolute Gasteiger partial charge is 0.140 e. The summed E-state index contributed by atoms with van der Waals surface area (Å²) in [5.41, 5.74) is 6.58. The molecule has 1 heterocycles. The van der Waals surface area contributed by atoms with Crippen molar-refractivity contribution in [3.63, 3.8) is 0 Å². The Balaban J connectivity index is -0.000000355. The molecule has 1 rings (SSSR count). The number of nitrogens with two attached hydrogens (primary N) is 1. The van der Waals surface area contributed by atoms with Gasteiger partial charge in [-0.15, -0.1) is 0 Å². The molecule has 1 aromatic heterocycles. The number of rotatable bonds is 3. The SMILES string of the molecule is CC.CC.CCC.CCNc1ncnc(N)c1C(C)=N. The predicted molar refractivity (Wildman–Crippen MR) is 91.8 cm³/mol. The van der Waals surface area contributed by atoms with Crippen molar-refractivity contribution in [2.24, 2.45) is 0 Å². The molecule has 0 spiro atoms. The summed E-state index contributed by atoms with van der Waals surface area (Å²) in [5, 5.41) is 10.5. The number of hydrogen-bond donors (Lipinski definition) is 3. The molecular formula is C15H33N5. The molecule has 0 saturated heterocycles. The molecule has 5 heteroatoms. The van der Waals surface area contributed by atoms with E-state index in [1.165, 1.54) is 12.7 Å². The number of aromatic nitrogens is 2. The van der Waals surface area contributed by atoms with Crippen molar-refractivity contribution in [2.75, 3.05) is 17.6 Å². The quantitative estimate of drug-likeness (QED) is 0.720. The lowest BCUT2D eigenvalue weighted by molar-refractivity contribution is 1.09. The normalized spacial score (nSPS) is 7.80. The van der Waals surface area contributed by atoms with Crippen molar-refractivity contribution in [3.05, 3.63) is 11.9 Å². The van der Waals surface area contributed by atoms with E-state index >= 15 is 0 Å². The zero-order valence-corrected chi connectivity index (χ0v) is 14.5. The fourth-order valence-electron chi connectivity index (χ4n) is 1.07. The maximum atomic E-state index is 7.50. The van der Waals surface area contributed by atoms with Crippen LogP contribution >= 0.6 is 0 Å². The van der Waals surface area contributed by atoms with Crippen molar-refractivity contribution in [3.8, 4) is 0 Å². The van der Waals surface area contributed by atoms with E-state index in [0.717, 1.165) is 6.54 Å². The van der Waals surface area contributed by atoms with Gasteiger partial charge in [-0.3, -0.25) is 0 Å². The summed E-state index contributed by atoms with van der Waals surface area (Å²) in [4.78, 5) is 7.84. The Morgan fingerprint density at radius 2 is 1.60 bits per heavy atom. The molecule has 5 nitrogen and oxygen atoms in total. The molecule has 0 aliphatic carbocycles. The van der Waals surface area contributed by atoms with Crippen molar-refractivity contribution >= 4 is 17.3 Å². The van der Waals surface area contributed by atoms with Crippen LogP contribution in [0.25, 0.3) is 0 Å². The van der Waals surface area contributed by atoms with Gasteiger partial charge in [-0.1, -0.05) is 48.0 Å². The minimum atomic E-state index is 0.346. The molecule has 0 fully saturated rings. The van der Waals surface area contributed by atoms with Crippen molar-refractivity contribution in [2.45, 2.75) is 61.8 Å². The summed E-state index contributed by atoms with van der Waals surface area (Å²) in [5.74, 6) is 0.973. The molecule has 1 aromatic rings. The summed E-state index contributed by atoms with van der Waals surface area (Å²) in [6.07, 6.45) is 2.64. The zero-order valence-electron chi connectivity index (χ0n) is 14.5. The number of nitrogens with one attached hydrogen (secondary N) is 2. The minimum absolute atomic E-state index is 0.346. The number of nitrogen functional groups attached to an aromatic ring is 1. The first kappa shape index (κ1) is 23.4. The highest BCUT2D eigenvalue weighted by atomic mass is 15.0. The first-order valence-corrected chi connectivity index (χ1v) is 7.48. The molecule has 0 aliphatic rings. The molecule has 0 aromatic carbocycles. The van der Waals surface area contributed by atoms with E-state index in [4.69, 9.17) is 11.1 Å². The molecular weight excluding hydrogens is 250 g/mol. The number of anilines is 2. The van der Waals surface area contributed by atoms with Gasteiger partial charge in [-0.25, -0.2) is 9.97 Å². The van der Waals surface area contributed by atoms with Crippen LogP contribution in [0.5, 0.6) is 0 Å². The van der Waals surface area contributed by atoms with Gasteiger partial charge in [0.1, 0.15) is 18.0 Å². The Morgan fingerprint density at radius 1 is 1.15 bits per heavy atom. The van der Waals surface area contributed by atoms with Crippen molar-refractivity contribution in [1.29, 1.82) is 5.41 Å². The van der Waals surface area contributed by atoms with Crippen LogP contribution in [0.2, 0.25) is 0 Å². The fourth-order valence-corrected chi connectivity index (χ4v) is 1.07. The predicted octanol–water partition coefficient (Wildman–Crippen LogP) is 4.35. The van der Waals surface area contributed by atoms with Gasteiger partial charge >= 0.3 is 0 Å². The van der Waals surface area contributed by atoms with Crippen LogP contribution in [0.4, 0.5) is 11.6 Å². The number of nitrogens with zero attached hydrogens (tertiary/aromatic N) is 2. The fraction of sp³-hybridized carbons (Fsp3) is 0.667. The lowest BCUT2D eigenvalue weighted by Crippen LogP contribution is -2.10. The van der Waals surface area contributed by atoms with Crippen LogP contribution in [0, 0.1) is 5.41 Å². The minimum Gasteiger partial charge on any atom is -0.383 e. The van der Waals surface area contributed by atoms with Gasteiger partial charge in [-0.2, -0.15) is 0 Å². The van der Waals surface area contributed by atoms with E-state index in [1.807, 2.05) is 34.6 Å². The molecule has 20 heavy (non-hydrogen) atoms. The van der Waals surface area contributed by atoms with Crippen molar-refractivity contribution in [1.82, 2.24) is 9.97 Å². The third-order valence-electron chi connectivity index (χ3n) is 1.60. The molecule has 118 valence electrons. The van der Waals surface area contributed by atoms with Gasteiger partial charge in [-0.05, 0) is 13.8 Å². The van der Waals surface area contributed by atoms with Crippen LogP contribution < -0.4 is 11.1 Å². The topological polar surface area (TPSA) is 87.7 Å². The third-order valence-corrected chi connectivity index (χ3v) is 1.60. The van der Waals surface area contributed by atoms with Crippen LogP contribution in [-0.2, 0) is 0 Å².